The summed E-state index contributed by atoms with van der Waals surface area (Å²) in [6.45, 7) is 2.10. The average molecular weight is 315 g/mol. The molecule has 0 aliphatic carbocycles. The minimum Gasteiger partial charge on any atom is -0.340 e. The SMILES string of the molecule is C[C@@H](NC(=O)Nc1ccccc1)C(=O)N(C)Cc1cnn(C)c1. The van der Waals surface area contributed by atoms with Crippen molar-refractivity contribution in [1.82, 2.24) is 20.0 Å². The second-order valence-electron chi connectivity index (χ2n) is 5.40. The van der Waals surface area contributed by atoms with Gasteiger partial charge in [0.1, 0.15) is 6.04 Å². The van der Waals surface area contributed by atoms with E-state index in [2.05, 4.69) is 15.7 Å². The van der Waals surface area contributed by atoms with Crippen molar-refractivity contribution in [2.24, 2.45) is 7.05 Å². The number of rotatable bonds is 5. The Morgan fingerprint density at radius 1 is 1.30 bits per heavy atom. The van der Waals surface area contributed by atoms with Gasteiger partial charge in [-0.15, -0.1) is 0 Å². The molecule has 0 bridgehead atoms. The van der Waals surface area contributed by atoms with Gasteiger partial charge in [0.2, 0.25) is 5.91 Å². The van der Waals surface area contributed by atoms with Crippen molar-refractivity contribution in [1.29, 1.82) is 0 Å². The number of amides is 3. The molecule has 2 rings (SSSR count). The van der Waals surface area contributed by atoms with Crippen LogP contribution in [0.3, 0.4) is 0 Å². The number of anilines is 1. The summed E-state index contributed by atoms with van der Waals surface area (Å²) >= 11 is 0. The molecule has 3 amide bonds. The highest BCUT2D eigenvalue weighted by molar-refractivity contribution is 5.93. The number of para-hydroxylation sites is 1. The van der Waals surface area contributed by atoms with Crippen LogP contribution in [-0.2, 0) is 18.4 Å². The first-order valence-corrected chi connectivity index (χ1v) is 7.31. The van der Waals surface area contributed by atoms with Crippen molar-refractivity contribution < 1.29 is 9.59 Å². The second kappa shape index (κ2) is 7.44. The first kappa shape index (κ1) is 16.5. The van der Waals surface area contributed by atoms with Crippen LogP contribution >= 0.6 is 0 Å². The molecule has 122 valence electrons. The molecular formula is C16H21N5O2. The van der Waals surface area contributed by atoms with E-state index in [9.17, 15) is 9.59 Å². The van der Waals surface area contributed by atoms with Crippen molar-refractivity contribution in [3.8, 4) is 0 Å². The molecule has 2 aromatic rings. The topological polar surface area (TPSA) is 79.3 Å². The van der Waals surface area contributed by atoms with Crippen molar-refractivity contribution in [3.63, 3.8) is 0 Å². The molecular weight excluding hydrogens is 294 g/mol. The number of aryl methyl sites for hydroxylation is 1. The Hall–Kier alpha value is -2.83. The molecule has 1 atom stereocenters. The van der Waals surface area contributed by atoms with Crippen molar-refractivity contribution in [2.45, 2.75) is 19.5 Å². The molecule has 0 saturated heterocycles. The normalized spacial score (nSPS) is 11.6. The maximum absolute atomic E-state index is 12.3. The van der Waals surface area contributed by atoms with Crippen molar-refractivity contribution in [2.75, 3.05) is 12.4 Å². The van der Waals surface area contributed by atoms with Crippen LogP contribution in [0.1, 0.15) is 12.5 Å². The molecule has 1 aromatic heterocycles. The number of carbonyl (C=O) groups excluding carboxylic acids is 2. The Morgan fingerprint density at radius 2 is 2.00 bits per heavy atom. The number of carbonyl (C=O) groups is 2. The van der Waals surface area contributed by atoms with E-state index in [0.29, 0.717) is 12.2 Å². The van der Waals surface area contributed by atoms with Gasteiger partial charge in [-0.2, -0.15) is 5.10 Å². The summed E-state index contributed by atoms with van der Waals surface area (Å²) < 4.78 is 1.68. The van der Waals surface area contributed by atoms with Gasteiger partial charge in [-0.25, -0.2) is 4.79 Å². The quantitative estimate of drug-likeness (QED) is 0.879. The van der Waals surface area contributed by atoms with E-state index in [0.717, 1.165) is 5.56 Å². The summed E-state index contributed by atoms with van der Waals surface area (Å²) in [5.74, 6) is -0.169. The Morgan fingerprint density at radius 3 is 2.61 bits per heavy atom. The van der Waals surface area contributed by atoms with E-state index < -0.39 is 12.1 Å². The van der Waals surface area contributed by atoms with Crippen LogP contribution in [-0.4, -0.2) is 39.7 Å². The Balaban J connectivity index is 1.85. The zero-order valence-electron chi connectivity index (χ0n) is 13.5. The van der Waals surface area contributed by atoms with Crippen LogP contribution in [0.25, 0.3) is 0 Å². The molecule has 1 aromatic carbocycles. The predicted octanol–water partition coefficient (Wildman–Crippen LogP) is 1.59. The lowest BCUT2D eigenvalue weighted by atomic mass is 10.2. The van der Waals surface area contributed by atoms with E-state index in [1.807, 2.05) is 31.4 Å². The molecule has 0 aliphatic rings. The maximum atomic E-state index is 12.3. The highest BCUT2D eigenvalue weighted by Crippen LogP contribution is 2.06. The Labute approximate surface area is 135 Å². The number of hydrogen-bond donors (Lipinski definition) is 2. The van der Waals surface area contributed by atoms with Crippen LogP contribution in [0, 0.1) is 0 Å². The fourth-order valence-corrected chi connectivity index (χ4v) is 2.18. The Kier molecular flexibility index (Phi) is 5.35. The first-order valence-electron chi connectivity index (χ1n) is 7.31. The van der Waals surface area contributed by atoms with Gasteiger partial charge in [-0.1, -0.05) is 18.2 Å². The molecule has 0 unspecified atom stereocenters. The van der Waals surface area contributed by atoms with Gasteiger partial charge < -0.3 is 15.5 Å². The lowest BCUT2D eigenvalue weighted by molar-refractivity contribution is -0.131. The molecule has 23 heavy (non-hydrogen) atoms. The van der Waals surface area contributed by atoms with Crippen LogP contribution < -0.4 is 10.6 Å². The lowest BCUT2D eigenvalue weighted by Crippen LogP contribution is -2.46. The van der Waals surface area contributed by atoms with Gasteiger partial charge >= 0.3 is 6.03 Å². The average Bonchev–Trinajstić information content (AvgIpc) is 2.92. The van der Waals surface area contributed by atoms with Gasteiger partial charge in [0.15, 0.2) is 0 Å². The van der Waals surface area contributed by atoms with Gasteiger partial charge in [0.25, 0.3) is 0 Å². The van der Waals surface area contributed by atoms with Gasteiger partial charge in [-0.05, 0) is 19.1 Å². The lowest BCUT2D eigenvalue weighted by Gasteiger charge is -2.21. The molecule has 1 heterocycles. The van der Waals surface area contributed by atoms with E-state index >= 15 is 0 Å². The summed E-state index contributed by atoms with van der Waals surface area (Å²) in [6, 6.07) is 8.04. The number of nitrogens with one attached hydrogen (secondary N) is 2. The minimum atomic E-state index is -0.625. The third-order valence-corrected chi connectivity index (χ3v) is 3.30. The van der Waals surface area contributed by atoms with E-state index in [4.69, 9.17) is 0 Å². The third-order valence-electron chi connectivity index (χ3n) is 3.30. The molecule has 7 nitrogen and oxygen atoms in total. The molecule has 7 heteroatoms. The molecule has 0 radical (unpaired) electrons. The monoisotopic (exact) mass is 315 g/mol. The van der Waals surface area contributed by atoms with Gasteiger partial charge in [0.05, 0.1) is 6.20 Å². The van der Waals surface area contributed by atoms with E-state index in [-0.39, 0.29) is 5.91 Å². The van der Waals surface area contributed by atoms with Crippen LogP contribution in [0.5, 0.6) is 0 Å². The fourth-order valence-electron chi connectivity index (χ4n) is 2.18. The summed E-state index contributed by atoms with van der Waals surface area (Å²) in [6.07, 6.45) is 3.56. The number of benzene rings is 1. The second-order valence-corrected chi connectivity index (χ2v) is 5.40. The number of urea groups is 1. The maximum Gasteiger partial charge on any atom is 0.319 e. The molecule has 0 fully saturated rings. The highest BCUT2D eigenvalue weighted by Gasteiger charge is 2.19. The number of nitrogens with zero attached hydrogens (tertiary/aromatic N) is 3. The summed E-state index contributed by atoms with van der Waals surface area (Å²) in [7, 11) is 3.52. The van der Waals surface area contributed by atoms with Crippen LogP contribution in [0.2, 0.25) is 0 Å². The predicted molar refractivity (Wildman–Crippen MR) is 87.7 cm³/mol. The number of aromatic nitrogens is 2. The van der Waals surface area contributed by atoms with Crippen LogP contribution in [0.4, 0.5) is 10.5 Å². The van der Waals surface area contributed by atoms with E-state index in [1.54, 1.807) is 41.9 Å². The van der Waals surface area contributed by atoms with E-state index in [1.165, 1.54) is 0 Å². The number of likely N-dealkylation sites (N-methyl/N-ethyl adjacent to an activating group) is 1. The molecule has 2 N–H and O–H groups in total. The fraction of sp³-hybridized carbons (Fsp3) is 0.312. The molecule has 0 saturated carbocycles. The van der Waals surface area contributed by atoms with Gasteiger partial charge in [0, 0.05) is 38.1 Å². The molecule has 0 spiro atoms. The van der Waals surface area contributed by atoms with Gasteiger partial charge in [-0.3, -0.25) is 9.48 Å². The third kappa shape index (κ3) is 4.84. The summed E-state index contributed by atoms with van der Waals surface area (Å²) in [5, 5.41) is 9.39. The van der Waals surface area contributed by atoms with Crippen LogP contribution in [0.15, 0.2) is 42.7 Å². The zero-order chi connectivity index (χ0) is 16.8. The van der Waals surface area contributed by atoms with Crippen molar-refractivity contribution in [3.05, 3.63) is 48.3 Å². The van der Waals surface area contributed by atoms with Crippen molar-refractivity contribution >= 4 is 17.6 Å². The minimum absolute atomic E-state index is 0.169. The zero-order valence-corrected chi connectivity index (χ0v) is 13.5. The molecule has 0 aliphatic heterocycles. The highest BCUT2D eigenvalue weighted by atomic mass is 16.2. The number of hydrogen-bond acceptors (Lipinski definition) is 3. The summed E-state index contributed by atoms with van der Waals surface area (Å²) in [4.78, 5) is 25.8. The Bertz CT molecular complexity index is 668. The summed E-state index contributed by atoms with van der Waals surface area (Å²) in [5.41, 5.74) is 1.61. The first-order chi connectivity index (χ1) is 11.0. The largest absolute Gasteiger partial charge is 0.340 e. The standard InChI is InChI=1S/C16H21N5O2/c1-12(18-16(23)19-14-7-5-4-6-8-14)15(22)20(2)10-13-9-17-21(3)11-13/h4-9,11-12H,10H2,1-3H3,(H2,18,19,23)/t12-/m1/s1. The smallest absolute Gasteiger partial charge is 0.319 e.